The van der Waals surface area contributed by atoms with E-state index in [2.05, 4.69) is 37.8 Å². The van der Waals surface area contributed by atoms with Crippen LogP contribution in [0.4, 0.5) is 0 Å². The van der Waals surface area contributed by atoms with Gasteiger partial charge in [-0.05, 0) is 30.5 Å². The molecular formula is C16H25IN6O. The fourth-order valence-corrected chi connectivity index (χ4v) is 2.19. The minimum absolute atomic E-state index is 0. The topological polar surface area (TPSA) is 76.4 Å². The number of methoxy groups -OCH3 is 1. The van der Waals surface area contributed by atoms with E-state index in [1.807, 2.05) is 19.2 Å². The van der Waals surface area contributed by atoms with Gasteiger partial charge in [-0.25, -0.2) is 4.98 Å². The second-order valence-corrected chi connectivity index (χ2v) is 5.11. The molecule has 0 spiro atoms. The molecule has 0 aliphatic carbocycles. The summed E-state index contributed by atoms with van der Waals surface area (Å²) in [5.74, 6) is 2.53. The Morgan fingerprint density at radius 1 is 1.33 bits per heavy atom. The number of aromatic nitrogens is 3. The molecule has 0 atom stereocenters. The molecule has 24 heavy (non-hydrogen) atoms. The largest absolute Gasteiger partial charge is 0.497 e. The Bertz CT molecular complexity index is 643. The van der Waals surface area contributed by atoms with Crippen LogP contribution in [0.3, 0.4) is 0 Å². The molecule has 132 valence electrons. The average molecular weight is 444 g/mol. The molecule has 7 nitrogen and oxygen atoms in total. The van der Waals surface area contributed by atoms with Crippen LogP contribution in [0.15, 0.2) is 35.6 Å². The number of halogens is 1. The first-order valence-corrected chi connectivity index (χ1v) is 7.63. The van der Waals surface area contributed by atoms with Crippen molar-refractivity contribution in [3.05, 3.63) is 42.0 Å². The predicted molar refractivity (Wildman–Crippen MR) is 106 cm³/mol. The maximum Gasteiger partial charge on any atom is 0.191 e. The van der Waals surface area contributed by atoms with Crippen molar-refractivity contribution in [1.29, 1.82) is 0 Å². The van der Waals surface area contributed by atoms with Crippen LogP contribution >= 0.6 is 24.0 Å². The lowest BCUT2D eigenvalue weighted by atomic mass is 10.1. The van der Waals surface area contributed by atoms with Gasteiger partial charge in [0.25, 0.3) is 0 Å². The number of rotatable bonds is 7. The summed E-state index contributed by atoms with van der Waals surface area (Å²) in [7, 11) is 5.32. The third-order valence-corrected chi connectivity index (χ3v) is 3.51. The Morgan fingerprint density at radius 2 is 2.17 bits per heavy atom. The van der Waals surface area contributed by atoms with Crippen molar-refractivity contribution in [2.45, 2.75) is 19.4 Å². The molecule has 0 saturated carbocycles. The normalized spacial score (nSPS) is 10.9. The number of ether oxygens (including phenoxy) is 1. The second-order valence-electron chi connectivity index (χ2n) is 5.11. The summed E-state index contributed by atoms with van der Waals surface area (Å²) in [6.45, 7) is 1.43. The highest BCUT2D eigenvalue weighted by molar-refractivity contribution is 14.0. The second kappa shape index (κ2) is 10.8. The third kappa shape index (κ3) is 6.34. The lowest BCUT2D eigenvalue weighted by Crippen LogP contribution is -2.38. The minimum Gasteiger partial charge on any atom is -0.497 e. The number of benzene rings is 1. The molecule has 0 fully saturated rings. The quantitative estimate of drug-likeness (QED) is 0.295. The number of aliphatic imine (C=N–C) groups is 1. The number of aryl methyl sites for hydroxylation is 2. The first-order valence-electron chi connectivity index (χ1n) is 7.63. The van der Waals surface area contributed by atoms with E-state index in [1.54, 1.807) is 25.2 Å². The molecule has 0 saturated heterocycles. The lowest BCUT2D eigenvalue weighted by Gasteiger charge is -2.11. The molecule has 0 unspecified atom stereocenters. The van der Waals surface area contributed by atoms with Gasteiger partial charge in [-0.2, -0.15) is 5.10 Å². The molecule has 8 heteroatoms. The van der Waals surface area contributed by atoms with E-state index in [-0.39, 0.29) is 24.0 Å². The number of guanidine groups is 1. The monoisotopic (exact) mass is 444 g/mol. The van der Waals surface area contributed by atoms with Crippen molar-refractivity contribution < 1.29 is 4.74 Å². The minimum atomic E-state index is 0. The lowest BCUT2D eigenvalue weighted by molar-refractivity contribution is 0.414. The van der Waals surface area contributed by atoms with Gasteiger partial charge in [0.2, 0.25) is 0 Å². The van der Waals surface area contributed by atoms with Crippen molar-refractivity contribution >= 4 is 29.9 Å². The van der Waals surface area contributed by atoms with E-state index in [1.165, 1.54) is 5.56 Å². The fraction of sp³-hybridized carbons (Fsp3) is 0.438. The van der Waals surface area contributed by atoms with Crippen molar-refractivity contribution in [2.75, 3.05) is 20.7 Å². The van der Waals surface area contributed by atoms with Crippen LogP contribution in [0.5, 0.6) is 5.75 Å². The Balaban J connectivity index is 0.00000288. The number of nitrogens with zero attached hydrogens (tertiary/aromatic N) is 4. The summed E-state index contributed by atoms with van der Waals surface area (Å²) in [5.41, 5.74) is 1.27. The first-order chi connectivity index (χ1) is 11.2. The van der Waals surface area contributed by atoms with Gasteiger partial charge in [0.1, 0.15) is 17.9 Å². The number of hydrogen-bond donors (Lipinski definition) is 2. The Labute approximate surface area is 159 Å². The van der Waals surface area contributed by atoms with E-state index in [9.17, 15) is 0 Å². The van der Waals surface area contributed by atoms with Gasteiger partial charge in [0.15, 0.2) is 5.96 Å². The molecule has 0 radical (unpaired) electrons. The Morgan fingerprint density at radius 3 is 2.83 bits per heavy atom. The predicted octanol–water partition coefficient (Wildman–Crippen LogP) is 1.74. The van der Waals surface area contributed by atoms with Crippen molar-refractivity contribution in [1.82, 2.24) is 25.4 Å². The third-order valence-electron chi connectivity index (χ3n) is 3.51. The van der Waals surface area contributed by atoms with Crippen LogP contribution in [-0.4, -0.2) is 41.4 Å². The van der Waals surface area contributed by atoms with Gasteiger partial charge in [-0.3, -0.25) is 9.67 Å². The van der Waals surface area contributed by atoms with Crippen molar-refractivity contribution in [3.8, 4) is 5.75 Å². The SMILES string of the molecule is CN=C(NCCCc1cccc(OC)c1)NCc1ncnn1C.I. The molecule has 0 bridgehead atoms. The highest BCUT2D eigenvalue weighted by Crippen LogP contribution is 2.13. The van der Waals surface area contributed by atoms with Crippen LogP contribution in [-0.2, 0) is 20.0 Å². The first kappa shape index (κ1) is 20.2. The highest BCUT2D eigenvalue weighted by Gasteiger charge is 2.02. The van der Waals surface area contributed by atoms with E-state index < -0.39 is 0 Å². The van der Waals surface area contributed by atoms with E-state index >= 15 is 0 Å². The summed E-state index contributed by atoms with van der Waals surface area (Å²) >= 11 is 0. The van der Waals surface area contributed by atoms with Gasteiger partial charge in [-0.1, -0.05) is 12.1 Å². The van der Waals surface area contributed by atoms with Crippen LogP contribution in [0.1, 0.15) is 17.8 Å². The summed E-state index contributed by atoms with van der Waals surface area (Å²) in [6.07, 6.45) is 3.55. The Kier molecular flexibility index (Phi) is 9.13. The molecule has 1 aromatic carbocycles. The molecule has 1 aromatic heterocycles. The van der Waals surface area contributed by atoms with Crippen molar-refractivity contribution in [3.63, 3.8) is 0 Å². The number of nitrogens with one attached hydrogen (secondary N) is 2. The summed E-state index contributed by atoms with van der Waals surface area (Å²) in [4.78, 5) is 8.38. The zero-order valence-electron chi connectivity index (χ0n) is 14.3. The highest BCUT2D eigenvalue weighted by atomic mass is 127. The fourth-order valence-electron chi connectivity index (χ4n) is 2.19. The Hall–Kier alpha value is -1.84. The van der Waals surface area contributed by atoms with Crippen LogP contribution in [0.25, 0.3) is 0 Å². The maximum absolute atomic E-state index is 5.24. The molecular weight excluding hydrogens is 419 g/mol. The van der Waals surface area contributed by atoms with Crippen LogP contribution in [0.2, 0.25) is 0 Å². The van der Waals surface area contributed by atoms with Gasteiger partial charge in [0, 0.05) is 20.6 Å². The van der Waals surface area contributed by atoms with E-state index in [0.717, 1.165) is 36.9 Å². The van der Waals surface area contributed by atoms with Crippen molar-refractivity contribution in [2.24, 2.45) is 12.0 Å². The molecule has 1 heterocycles. The molecule has 2 rings (SSSR count). The van der Waals surface area contributed by atoms with Gasteiger partial charge >= 0.3 is 0 Å². The van der Waals surface area contributed by atoms with Crippen LogP contribution in [0, 0.1) is 0 Å². The molecule has 2 aromatic rings. The van der Waals surface area contributed by atoms with Gasteiger partial charge in [-0.15, -0.1) is 24.0 Å². The maximum atomic E-state index is 5.24. The molecule has 0 aliphatic heterocycles. The zero-order valence-corrected chi connectivity index (χ0v) is 16.7. The summed E-state index contributed by atoms with van der Waals surface area (Å²) in [6, 6.07) is 8.16. The van der Waals surface area contributed by atoms with E-state index in [0.29, 0.717) is 6.54 Å². The van der Waals surface area contributed by atoms with Gasteiger partial charge < -0.3 is 15.4 Å². The zero-order chi connectivity index (χ0) is 16.5. The molecule has 0 amide bonds. The molecule has 0 aliphatic rings. The standard InChI is InChI=1S/C16H24N6O.HI/c1-17-16(19-11-15-20-12-21-22(15)2)18-9-5-7-13-6-4-8-14(10-13)23-3;/h4,6,8,10,12H,5,7,9,11H2,1-3H3,(H2,17,18,19);1H. The average Bonchev–Trinajstić information content (AvgIpc) is 2.99. The smallest absolute Gasteiger partial charge is 0.191 e. The van der Waals surface area contributed by atoms with Crippen LogP contribution < -0.4 is 15.4 Å². The number of hydrogen-bond acceptors (Lipinski definition) is 4. The molecule has 2 N–H and O–H groups in total. The summed E-state index contributed by atoms with van der Waals surface area (Å²) in [5, 5.41) is 10.6. The van der Waals surface area contributed by atoms with Gasteiger partial charge in [0.05, 0.1) is 13.7 Å². The van der Waals surface area contributed by atoms with E-state index in [4.69, 9.17) is 4.74 Å². The summed E-state index contributed by atoms with van der Waals surface area (Å²) < 4.78 is 6.98.